The van der Waals surface area contributed by atoms with Crippen LogP contribution in [-0.4, -0.2) is 28.0 Å². The van der Waals surface area contributed by atoms with Crippen LogP contribution in [0.15, 0.2) is 97.6 Å². The van der Waals surface area contributed by atoms with E-state index in [1.54, 1.807) is 7.11 Å². The molecule has 2 atom stereocenters. The Morgan fingerprint density at radius 3 is 2.21 bits per heavy atom. The fourth-order valence-corrected chi connectivity index (χ4v) is 6.95. The second-order valence-electron chi connectivity index (χ2n) is 6.98. The topological polar surface area (TPSA) is 29.5 Å². The Morgan fingerprint density at radius 1 is 1.00 bits per heavy atom. The number of ether oxygens (including phenoxy) is 1. The molecule has 0 saturated carbocycles. The monoisotopic (exact) mass is 449 g/mol. The first kappa shape index (κ1) is 19.5. The second-order valence-corrected chi connectivity index (χ2v) is 9.93. The molecule has 1 saturated heterocycles. The van der Waals surface area contributed by atoms with E-state index in [0.29, 0.717) is 6.42 Å². The molecule has 0 aromatic heterocycles. The zero-order valence-corrected chi connectivity index (χ0v) is 18.0. The van der Waals surface area contributed by atoms with E-state index in [0.717, 1.165) is 17.0 Å². The van der Waals surface area contributed by atoms with Crippen molar-refractivity contribution >= 4 is 31.0 Å². The molecule has 3 aromatic carbocycles. The maximum atomic E-state index is 13.7. The minimum atomic E-state index is -0.475. The second kappa shape index (κ2) is 8.28. The summed E-state index contributed by atoms with van der Waals surface area (Å²) < 4.78 is 6.04. The number of hydrogen-bond donors (Lipinski definition) is 0. The van der Waals surface area contributed by atoms with Crippen LogP contribution in [0.2, 0.25) is 4.31 Å². The van der Waals surface area contributed by atoms with Crippen LogP contribution in [0.1, 0.15) is 18.0 Å². The summed E-state index contributed by atoms with van der Waals surface area (Å²) in [7, 11) is 1.65. The molecule has 0 aliphatic carbocycles. The summed E-state index contributed by atoms with van der Waals surface area (Å²) in [5.41, 5.74) is 2.05. The number of hydrogen-bond acceptors (Lipinski definition) is 2. The Balaban J connectivity index is 1.79. The van der Waals surface area contributed by atoms with Crippen LogP contribution in [0, 0.1) is 0 Å². The van der Waals surface area contributed by atoms with Crippen LogP contribution in [-0.2, 0) is 4.79 Å². The van der Waals surface area contributed by atoms with Crippen molar-refractivity contribution in [1.82, 2.24) is 0 Å². The standard InChI is InChI=1S/C25H23NO2Se/c1-3-18-25(29-22-12-8-5-9-13-22)23(19-10-6-4-7-11-19)26(24(25)27)20-14-16-21(28-2)17-15-20/h3-17,23H,1,18H2,2H3/t23-,25-/m1/s1. The fourth-order valence-electron chi connectivity index (χ4n) is 3.90. The summed E-state index contributed by atoms with van der Waals surface area (Å²) in [5.74, 6) is 0.948. The Labute approximate surface area is 178 Å². The van der Waals surface area contributed by atoms with Crippen molar-refractivity contribution in [2.45, 2.75) is 16.8 Å². The summed E-state index contributed by atoms with van der Waals surface area (Å²) in [5, 5.41) is 0. The molecule has 3 nitrogen and oxygen atoms in total. The first-order valence-electron chi connectivity index (χ1n) is 9.57. The Morgan fingerprint density at radius 2 is 1.62 bits per heavy atom. The van der Waals surface area contributed by atoms with E-state index < -0.39 is 4.31 Å². The number of rotatable bonds is 7. The van der Waals surface area contributed by atoms with Gasteiger partial charge in [-0.15, -0.1) is 0 Å². The summed E-state index contributed by atoms with van der Waals surface area (Å²) in [4.78, 5) is 15.6. The van der Waals surface area contributed by atoms with Gasteiger partial charge in [-0.3, -0.25) is 0 Å². The van der Waals surface area contributed by atoms with E-state index in [9.17, 15) is 4.79 Å². The van der Waals surface area contributed by atoms with Gasteiger partial charge in [0.05, 0.1) is 0 Å². The summed E-state index contributed by atoms with van der Waals surface area (Å²) in [6.45, 7) is 3.97. The van der Waals surface area contributed by atoms with Gasteiger partial charge in [0, 0.05) is 0 Å². The normalized spacial score (nSPS) is 20.8. The molecule has 0 bridgehead atoms. The SMILES string of the molecule is C=CC[C@]1([Se]c2ccccc2)C(=O)N(c2ccc(OC)cc2)[C@@H]1c1ccccc1. The van der Waals surface area contributed by atoms with Gasteiger partial charge in [-0.05, 0) is 0 Å². The van der Waals surface area contributed by atoms with Crippen molar-refractivity contribution in [1.29, 1.82) is 0 Å². The van der Waals surface area contributed by atoms with Gasteiger partial charge in [-0.25, -0.2) is 0 Å². The predicted octanol–water partition coefficient (Wildman–Crippen LogP) is 4.55. The van der Waals surface area contributed by atoms with E-state index in [2.05, 4.69) is 30.8 Å². The molecular weight excluding hydrogens is 425 g/mol. The number of carbonyl (C=O) groups excluding carboxylic acids is 1. The zero-order chi connectivity index (χ0) is 20.3. The zero-order valence-electron chi connectivity index (χ0n) is 16.3. The minimum absolute atomic E-state index is 0.0248. The average Bonchev–Trinajstić information content (AvgIpc) is 2.78. The molecule has 1 heterocycles. The molecule has 0 unspecified atom stereocenters. The molecule has 4 rings (SSSR count). The number of nitrogens with zero attached hydrogens (tertiary/aromatic N) is 1. The maximum absolute atomic E-state index is 13.7. The van der Waals surface area contributed by atoms with E-state index in [1.165, 1.54) is 4.46 Å². The van der Waals surface area contributed by atoms with Crippen LogP contribution in [0.3, 0.4) is 0 Å². The van der Waals surface area contributed by atoms with Crippen molar-refractivity contribution in [3.05, 3.63) is 103 Å². The van der Waals surface area contributed by atoms with Crippen molar-refractivity contribution in [2.75, 3.05) is 12.0 Å². The van der Waals surface area contributed by atoms with Crippen LogP contribution in [0.4, 0.5) is 5.69 Å². The van der Waals surface area contributed by atoms with Gasteiger partial charge in [0.2, 0.25) is 0 Å². The molecule has 146 valence electrons. The molecule has 1 fully saturated rings. The molecule has 4 heteroatoms. The van der Waals surface area contributed by atoms with Crippen molar-refractivity contribution in [2.24, 2.45) is 0 Å². The molecule has 1 aliphatic rings. The third-order valence-corrected chi connectivity index (χ3v) is 8.25. The van der Waals surface area contributed by atoms with Gasteiger partial charge >= 0.3 is 178 Å². The van der Waals surface area contributed by atoms with Gasteiger partial charge in [0.1, 0.15) is 0 Å². The number of methoxy groups -OCH3 is 1. The van der Waals surface area contributed by atoms with Gasteiger partial charge in [-0.2, -0.15) is 0 Å². The molecule has 0 spiro atoms. The van der Waals surface area contributed by atoms with Gasteiger partial charge in [0.25, 0.3) is 0 Å². The van der Waals surface area contributed by atoms with Gasteiger partial charge < -0.3 is 0 Å². The fraction of sp³-hybridized carbons (Fsp3) is 0.160. The van der Waals surface area contributed by atoms with Crippen LogP contribution < -0.4 is 14.1 Å². The van der Waals surface area contributed by atoms with Crippen LogP contribution in [0.5, 0.6) is 5.75 Å². The number of carbonyl (C=O) groups is 1. The van der Waals surface area contributed by atoms with E-state index in [-0.39, 0.29) is 26.9 Å². The van der Waals surface area contributed by atoms with Crippen molar-refractivity contribution in [3.8, 4) is 5.75 Å². The third kappa shape index (κ3) is 3.50. The third-order valence-electron chi connectivity index (χ3n) is 5.24. The summed E-state index contributed by atoms with van der Waals surface area (Å²) in [6, 6.07) is 28.4. The van der Waals surface area contributed by atoms with E-state index >= 15 is 0 Å². The molecule has 3 aromatic rings. The predicted molar refractivity (Wildman–Crippen MR) is 119 cm³/mol. The summed E-state index contributed by atoms with van der Waals surface area (Å²) >= 11 is -0.0248. The number of β-lactam (4-membered cyclic amide) rings is 1. The van der Waals surface area contributed by atoms with Crippen molar-refractivity contribution in [3.63, 3.8) is 0 Å². The molecule has 1 aliphatic heterocycles. The first-order valence-corrected chi connectivity index (χ1v) is 11.3. The number of anilines is 1. The van der Waals surface area contributed by atoms with Crippen molar-refractivity contribution < 1.29 is 9.53 Å². The molecule has 1 amide bonds. The Kier molecular flexibility index (Phi) is 5.57. The first-order chi connectivity index (χ1) is 14.2. The van der Waals surface area contributed by atoms with E-state index in [4.69, 9.17) is 4.74 Å². The molecular formula is C25H23NO2Se. The average molecular weight is 448 g/mol. The van der Waals surface area contributed by atoms with Crippen LogP contribution in [0.25, 0.3) is 0 Å². The molecule has 0 radical (unpaired) electrons. The quantitative estimate of drug-likeness (QED) is 0.302. The van der Waals surface area contributed by atoms with E-state index in [1.807, 2.05) is 71.6 Å². The summed E-state index contributed by atoms with van der Waals surface area (Å²) in [6.07, 6.45) is 2.55. The number of allylic oxidation sites excluding steroid dienone is 1. The van der Waals surface area contributed by atoms with Gasteiger partial charge in [-0.1, -0.05) is 0 Å². The number of amides is 1. The molecule has 0 N–H and O–H groups in total. The Bertz CT molecular complexity index is 988. The van der Waals surface area contributed by atoms with Crippen LogP contribution >= 0.6 is 0 Å². The molecule has 29 heavy (non-hydrogen) atoms. The number of benzene rings is 3. The van der Waals surface area contributed by atoms with Gasteiger partial charge in [0.15, 0.2) is 0 Å². The Hall–Kier alpha value is -2.81.